The molecule has 2 heteroatoms. The summed E-state index contributed by atoms with van der Waals surface area (Å²) in [6, 6.07) is 0. The number of rotatable bonds is 34. The second-order valence-electron chi connectivity index (χ2n) is 13.8. The molecule has 0 saturated heterocycles. The second kappa shape index (κ2) is 31.6. The smallest absolute Gasteiger partial charge is 0.234 e. The van der Waals surface area contributed by atoms with Crippen molar-refractivity contribution in [2.75, 3.05) is 0 Å². The summed E-state index contributed by atoms with van der Waals surface area (Å²) in [5.41, 5.74) is 0. The van der Waals surface area contributed by atoms with E-state index in [-0.39, 0.29) is 0 Å². The average Bonchev–Trinajstić information content (AvgIpc) is 3.39. The van der Waals surface area contributed by atoms with E-state index in [9.17, 15) is 0 Å². The van der Waals surface area contributed by atoms with Gasteiger partial charge in [0, 0.05) is 6.42 Å². The molecule has 0 aliphatic heterocycles. The molecule has 1 aromatic rings. The molecule has 0 aromatic carbocycles. The van der Waals surface area contributed by atoms with Crippen molar-refractivity contribution in [2.45, 2.75) is 239 Å². The Morgan fingerprint density at radius 3 is 1.12 bits per heavy atom. The summed E-state index contributed by atoms with van der Waals surface area (Å²) in [6.45, 7) is 9.37. The summed E-state index contributed by atoms with van der Waals surface area (Å²) in [4.78, 5) is 0. The van der Waals surface area contributed by atoms with Gasteiger partial charge < -0.3 is 0 Å². The van der Waals surface area contributed by atoms with Crippen molar-refractivity contribution in [3.63, 3.8) is 0 Å². The van der Waals surface area contributed by atoms with Gasteiger partial charge >= 0.3 is 0 Å². The van der Waals surface area contributed by atoms with Crippen molar-refractivity contribution in [2.24, 2.45) is 0 Å². The van der Waals surface area contributed by atoms with Crippen LogP contribution in [0.5, 0.6) is 0 Å². The largest absolute Gasteiger partial charge is 0.256 e. The normalized spacial score (nSPS) is 11.6. The van der Waals surface area contributed by atoms with Gasteiger partial charge in [0.05, 0.1) is 13.1 Å². The lowest BCUT2D eigenvalue weighted by Crippen LogP contribution is -2.37. The van der Waals surface area contributed by atoms with Crippen LogP contribution in [0.4, 0.5) is 0 Å². The fourth-order valence-corrected chi connectivity index (χ4v) is 6.65. The highest BCUT2D eigenvalue weighted by molar-refractivity contribution is 4.84. The maximum absolute atomic E-state index is 2.61. The lowest BCUT2D eigenvalue weighted by atomic mass is 10.0. The first kappa shape index (κ1) is 39.2. The minimum Gasteiger partial charge on any atom is -0.234 e. The molecular formula is C40H79N2+. The molecule has 0 bridgehead atoms. The number of hydrogen-bond donors (Lipinski definition) is 0. The highest BCUT2D eigenvalue weighted by atomic mass is 15.1. The van der Waals surface area contributed by atoms with Gasteiger partial charge in [-0.25, -0.2) is 9.13 Å². The minimum absolute atomic E-state index is 1.20. The topological polar surface area (TPSA) is 8.81 Å². The number of aromatic nitrogens is 2. The van der Waals surface area contributed by atoms with Gasteiger partial charge in [0.25, 0.3) is 5.82 Å². The van der Waals surface area contributed by atoms with Crippen LogP contribution in [0, 0.1) is 0 Å². The molecule has 2 nitrogen and oxygen atoms in total. The predicted molar refractivity (Wildman–Crippen MR) is 188 cm³/mol. The Bertz CT molecular complexity index is 648. The van der Waals surface area contributed by atoms with Crippen molar-refractivity contribution < 1.29 is 4.57 Å². The third-order valence-corrected chi connectivity index (χ3v) is 9.60. The third kappa shape index (κ3) is 23.6. The van der Waals surface area contributed by atoms with E-state index in [4.69, 9.17) is 0 Å². The number of hydrogen-bond acceptors (Lipinski definition) is 0. The van der Waals surface area contributed by atoms with E-state index in [1.165, 1.54) is 219 Å². The lowest BCUT2D eigenvalue weighted by molar-refractivity contribution is -0.704. The summed E-state index contributed by atoms with van der Waals surface area (Å²) < 4.78 is 5.19. The summed E-state index contributed by atoms with van der Waals surface area (Å²) in [6.07, 6.45) is 50.5. The Hall–Kier alpha value is -0.790. The predicted octanol–water partition coefficient (Wildman–Crippen LogP) is 13.5. The molecule has 0 spiro atoms. The summed E-state index contributed by atoms with van der Waals surface area (Å²) in [7, 11) is 0. The van der Waals surface area contributed by atoms with Crippen molar-refractivity contribution in [3.05, 3.63) is 18.2 Å². The van der Waals surface area contributed by atoms with E-state index in [2.05, 4.69) is 42.3 Å². The van der Waals surface area contributed by atoms with E-state index in [1.807, 2.05) is 0 Å². The Morgan fingerprint density at radius 1 is 0.405 bits per heavy atom. The quantitative estimate of drug-likeness (QED) is 0.0560. The molecular weight excluding hydrogens is 508 g/mol. The Morgan fingerprint density at radius 2 is 0.738 bits per heavy atom. The number of unbranched alkanes of at least 4 members (excludes halogenated alkanes) is 28. The van der Waals surface area contributed by atoms with Crippen LogP contribution < -0.4 is 4.57 Å². The van der Waals surface area contributed by atoms with Gasteiger partial charge in [-0.2, -0.15) is 0 Å². The molecule has 42 heavy (non-hydrogen) atoms. The maximum Gasteiger partial charge on any atom is 0.256 e. The zero-order chi connectivity index (χ0) is 30.2. The standard InChI is InChI=1S/C40H79N2/c1-4-7-10-12-14-16-18-20-21-22-23-24-26-28-30-32-34-37-42-39-38-41(36-9-6-3)40(42)35-33-31-29-27-25-19-17-15-13-11-8-5-2/h38-39H,4-37H2,1-3H3/q+1. The Kier molecular flexibility index (Phi) is 29.5. The molecule has 0 unspecified atom stereocenters. The lowest BCUT2D eigenvalue weighted by Gasteiger charge is -2.07. The van der Waals surface area contributed by atoms with Gasteiger partial charge in [-0.05, 0) is 25.7 Å². The van der Waals surface area contributed by atoms with Crippen LogP contribution in [0.3, 0.4) is 0 Å². The third-order valence-electron chi connectivity index (χ3n) is 9.60. The van der Waals surface area contributed by atoms with Gasteiger partial charge in [0.15, 0.2) is 0 Å². The number of aryl methyl sites for hydroxylation is 2. The number of imidazole rings is 1. The fourth-order valence-electron chi connectivity index (χ4n) is 6.65. The van der Waals surface area contributed by atoms with Crippen LogP contribution in [0.1, 0.15) is 226 Å². The van der Waals surface area contributed by atoms with E-state index in [1.54, 1.807) is 5.82 Å². The van der Waals surface area contributed by atoms with Crippen LogP contribution in [0.15, 0.2) is 12.4 Å². The van der Waals surface area contributed by atoms with Gasteiger partial charge in [0.2, 0.25) is 0 Å². The summed E-state index contributed by atoms with van der Waals surface area (Å²) in [5.74, 6) is 1.60. The Labute approximate surface area is 266 Å². The molecule has 0 aliphatic carbocycles. The molecule has 248 valence electrons. The molecule has 0 atom stereocenters. The van der Waals surface area contributed by atoms with Crippen LogP contribution >= 0.6 is 0 Å². The van der Waals surface area contributed by atoms with E-state index in [0.717, 1.165) is 0 Å². The van der Waals surface area contributed by atoms with Gasteiger partial charge in [-0.15, -0.1) is 0 Å². The second-order valence-corrected chi connectivity index (χ2v) is 13.8. The molecule has 0 aliphatic rings. The van der Waals surface area contributed by atoms with Gasteiger partial charge in [-0.3, -0.25) is 0 Å². The van der Waals surface area contributed by atoms with E-state index < -0.39 is 0 Å². The molecule has 1 heterocycles. The van der Waals surface area contributed by atoms with Crippen molar-refractivity contribution in [1.82, 2.24) is 4.57 Å². The molecule has 0 fully saturated rings. The fraction of sp³-hybridized carbons (Fsp3) is 0.925. The zero-order valence-electron chi connectivity index (χ0n) is 29.6. The molecule has 0 saturated carbocycles. The average molecular weight is 588 g/mol. The van der Waals surface area contributed by atoms with Crippen molar-refractivity contribution >= 4 is 0 Å². The SMILES string of the molecule is CCCCCCCCCCCCCCCCCCC[n+]1ccn(CCCC)c1CCCCCCCCCCCCCC. The Balaban J connectivity index is 2.06. The first-order valence-electron chi connectivity index (χ1n) is 19.9. The molecule has 1 rings (SSSR count). The van der Waals surface area contributed by atoms with Gasteiger partial charge in [-0.1, -0.05) is 194 Å². The molecule has 0 amide bonds. The monoisotopic (exact) mass is 588 g/mol. The number of nitrogens with zero attached hydrogens (tertiary/aromatic N) is 2. The van der Waals surface area contributed by atoms with Crippen LogP contribution in [0.2, 0.25) is 0 Å². The van der Waals surface area contributed by atoms with Crippen LogP contribution in [0.25, 0.3) is 0 Å². The van der Waals surface area contributed by atoms with Crippen molar-refractivity contribution in [1.29, 1.82) is 0 Å². The highest BCUT2D eigenvalue weighted by Crippen LogP contribution is 2.15. The maximum atomic E-state index is 2.61. The van der Waals surface area contributed by atoms with Crippen LogP contribution in [-0.4, -0.2) is 4.57 Å². The van der Waals surface area contributed by atoms with E-state index >= 15 is 0 Å². The van der Waals surface area contributed by atoms with Gasteiger partial charge in [0.1, 0.15) is 12.4 Å². The minimum atomic E-state index is 1.20. The zero-order valence-corrected chi connectivity index (χ0v) is 29.6. The molecule has 0 N–H and O–H groups in total. The highest BCUT2D eigenvalue weighted by Gasteiger charge is 2.16. The van der Waals surface area contributed by atoms with Crippen molar-refractivity contribution in [3.8, 4) is 0 Å². The first-order valence-corrected chi connectivity index (χ1v) is 19.9. The first-order chi connectivity index (χ1) is 20.8. The summed E-state index contributed by atoms with van der Waals surface area (Å²) >= 11 is 0. The molecule has 1 aromatic heterocycles. The molecule has 0 radical (unpaired) electrons. The summed E-state index contributed by atoms with van der Waals surface area (Å²) in [5, 5.41) is 0. The van der Waals surface area contributed by atoms with E-state index in [0.29, 0.717) is 0 Å². The van der Waals surface area contributed by atoms with Crippen LogP contribution in [-0.2, 0) is 19.5 Å².